The van der Waals surface area contributed by atoms with Gasteiger partial charge in [-0.05, 0) is 12.3 Å². The molecular formula is C14H24N4O2S. The summed E-state index contributed by atoms with van der Waals surface area (Å²) in [7, 11) is 3.15. The first-order chi connectivity index (χ1) is 9.90. The molecule has 0 aliphatic rings. The molecule has 7 heteroatoms. The van der Waals surface area contributed by atoms with Crippen molar-refractivity contribution in [3.63, 3.8) is 0 Å². The van der Waals surface area contributed by atoms with E-state index in [4.69, 9.17) is 9.47 Å². The van der Waals surface area contributed by atoms with Gasteiger partial charge in [0.05, 0.1) is 25.5 Å². The number of ether oxygens (including phenoxy) is 2. The van der Waals surface area contributed by atoms with Crippen LogP contribution >= 0.6 is 11.8 Å². The number of thioether (sulfide) groups is 1. The van der Waals surface area contributed by atoms with Crippen molar-refractivity contribution in [2.24, 2.45) is 10.5 Å². The van der Waals surface area contributed by atoms with E-state index in [-0.39, 0.29) is 10.7 Å². The highest BCUT2D eigenvalue weighted by atomic mass is 32.2. The van der Waals surface area contributed by atoms with Crippen molar-refractivity contribution in [3.8, 4) is 11.8 Å². The lowest BCUT2D eigenvalue weighted by Gasteiger charge is -2.26. The number of rotatable bonds is 7. The molecule has 0 saturated heterocycles. The summed E-state index contributed by atoms with van der Waals surface area (Å²) in [5.74, 6) is 0.973. The Bertz CT molecular complexity index is 452. The zero-order valence-electron chi connectivity index (χ0n) is 13.5. The SMILES string of the molecule is CCN/N=C/C(Sc1nc(OC)cc(OC)n1)C(C)(C)C. The maximum atomic E-state index is 5.17. The second kappa shape index (κ2) is 8.07. The van der Waals surface area contributed by atoms with E-state index in [0.717, 1.165) is 6.54 Å². The number of aromatic nitrogens is 2. The second-order valence-corrected chi connectivity index (χ2v) is 6.54. The van der Waals surface area contributed by atoms with Crippen LogP contribution < -0.4 is 14.9 Å². The first-order valence-corrected chi connectivity index (χ1v) is 7.68. The third kappa shape index (κ3) is 5.79. The van der Waals surface area contributed by atoms with Crippen molar-refractivity contribution >= 4 is 18.0 Å². The predicted molar refractivity (Wildman–Crippen MR) is 86.4 cm³/mol. The Kier molecular flexibility index (Phi) is 6.74. The fourth-order valence-corrected chi connectivity index (χ4v) is 2.39. The molecule has 1 aromatic rings. The first-order valence-electron chi connectivity index (χ1n) is 6.80. The van der Waals surface area contributed by atoms with Gasteiger partial charge in [-0.3, -0.25) is 0 Å². The summed E-state index contributed by atoms with van der Waals surface area (Å²) in [6, 6.07) is 1.66. The zero-order valence-corrected chi connectivity index (χ0v) is 14.3. The van der Waals surface area contributed by atoms with E-state index < -0.39 is 0 Å². The molecule has 1 aromatic heterocycles. The zero-order chi connectivity index (χ0) is 15.9. The van der Waals surface area contributed by atoms with E-state index in [1.807, 2.05) is 13.1 Å². The van der Waals surface area contributed by atoms with Crippen LogP contribution in [0.15, 0.2) is 16.3 Å². The Labute approximate surface area is 130 Å². The molecule has 6 nitrogen and oxygen atoms in total. The molecule has 0 aliphatic heterocycles. The summed E-state index contributed by atoms with van der Waals surface area (Å²) in [5, 5.41) is 4.95. The van der Waals surface area contributed by atoms with E-state index in [1.165, 1.54) is 11.8 Å². The topological polar surface area (TPSA) is 68.6 Å². The minimum absolute atomic E-state index is 0.0171. The Hall–Kier alpha value is -1.50. The molecule has 0 amide bonds. The Balaban J connectivity index is 2.97. The smallest absolute Gasteiger partial charge is 0.220 e. The van der Waals surface area contributed by atoms with Crippen molar-refractivity contribution in [2.45, 2.75) is 38.1 Å². The lowest BCUT2D eigenvalue weighted by Crippen LogP contribution is -2.26. The summed E-state index contributed by atoms with van der Waals surface area (Å²) in [6.07, 6.45) is 1.89. The number of methoxy groups -OCH3 is 2. The molecular weight excluding hydrogens is 288 g/mol. The van der Waals surface area contributed by atoms with E-state index in [0.29, 0.717) is 16.9 Å². The minimum Gasteiger partial charge on any atom is -0.481 e. The quantitative estimate of drug-likeness (QED) is 0.361. The Morgan fingerprint density at radius 3 is 2.29 bits per heavy atom. The number of nitrogens with zero attached hydrogens (tertiary/aromatic N) is 3. The van der Waals surface area contributed by atoms with Crippen molar-refractivity contribution in [1.82, 2.24) is 15.4 Å². The number of hydrazone groups is 1. The molecule has 0 aromatic carbocycles. The van der Waals surface area contributed by atoms with Gasteiger partial charge in [-0.1, -0.05) is 32.5 Å². The second-order valence-electron chi connectivity index (χ2n) is 5.43. The molecule has 1 rings (SSSR count). The van der Waals surface area contributed by atoms with Gasteiger partial charge in [-0.2, -0.15) is 15.1 Å². The fourth-order valence-electron chi connectivity index (χ4n) is 1.40. The van der Waals surface area contributed by atoms with E-state index in [1.54, 1.807) is 20.3 Å². The predicted octanol–water partition coefficient (Wildman–Crippen LogP) is 2.60. The van der Waals surface area contributed by atoms with Crippen LogP contribution in [-0.4, -0.2) is 42.2 Å². The minimum atomic E-state index is 0.0171. The van der Waals surface area contributed by atoms with Gasteiger partial charge in [0.15, 0.2) is 5.16 Å². The molecule has 1 atom stereocenters. The van der Waals surface area contributed by atoms with Gasteiger partial charge in [-0.15, -0.1) is 0 Å². The third-order valence-electron chi connectivity index (χ3n) is 2.62. The van der Waals surface area contributed by atoms with Crippen molar-refractivity contribution < 1.29 is 9.47 Å². The molecule has 0 spiro atoms. The molecule has 21 heavy (non-hydrogen) atoms. The highest BCUT2D eigenvalue weighted by Crippen LogP contribution is 2.34. The Morgan fingerprint density at radius 1 is 1.29 bits per heavy atom. The Morgan fingerprint density at radius 2 is 1.86 bits per heavy atom. The van der Waals surface area contributed by atoms with Crippen LogP contribution in [0, 0.1) is 5.41 Å². The monoisotopic (exact) mass is 312 g/mol. The molecule has 0 radical (unpaired) electrons. The normalized spacial score (nSPS) is 13.2. The van der Waals surface area contributed by atoms with E-state index in [9.17, 15) is 0 Å². The summed E-state index contributed by atoms with van der Waals surface area (Å²) < 4.78 is 10.3. The van der Waals surface area contributed by atoms with E-state index >= 15 is 0 Å². The van der Waals surface area contributed by atoms with Gasteiger partial charge >= 0.3 is 0 Å². The summed E-state index contributed by atoms with van der Waals surface area (Å²) in [5.41, 5.74) is 2.96. The van der Waals surface area contributed by atoms with Gasteiger partial charge in [-0.25, -0.2) is 0 Å². The molecule has 0 aliphatic carbocycles. The average Bonchev–Trinajstić information content (AvgIpc) is 2.45. The van der Waals surface area contributed by atoms with Crippen LogP contribution in [0.3, 0.4) is 0 Å². The lowest BCUT2D eigenvalue weighted by molar-refractivity contribution is 0.364. The number of nitrogens with one attached hydrogen (secondary N) is 1. The molecule has 0 bridgehead atoms. The number of hydrogen-bond donors (Lipinski definition) is 1. The summed E-state index contributed by atoms with van der Waals surface area (Å²) in [4.78, 5) is 8.70. The molecule has 118 valence electrons. The van der Waals surface area contributed by atoms with Gasteiger partial charge in [0.2, 0.25) is 11.8 Å². The maximum absolute atomic E-state index is 5.17. The van der Waals surface area contributed by atoms with Gasteiger partial charge in [0.1, 0.15) is 0 Å². The summed E-state index contributed by atoms with van der Waals surface area (Å²) >= 11 is 1.53. The van der Waals surface area contributed by atoms with Crippen molar-refractivity contribution in [3.05, 3.63) is 6.07 Å². The van der Waals surface area contributed by atoms with E-state index in [2.05, 4.69) is 41.3 Å². The van der Waals surface area contributed by atoms with Crippen molar-refractivity contribution in [1.29, 1.82) is 0 Å². The number of hydrogen-bond acceptors (Lipinski definition) is 7. The third-order valence-corrected chi connectivity index (χ3v) is 4.10. The highest BCUT2D eigenvalue weighted by molar-refractivity contribution is 8.00. The average molecular weight is 312 g/mol. The molecule has 1 heterocycles. The van der Waals surface area contributed by atoms with Gasteiger partial charge < -0.3 is 14.9 Å². The van der Waals surface area contributed by atoms with Crippen molar-refractivity contribution in [2.75, 3.05) is 20.8 Å². The van der Waals surface area contributed by atoms with Crippen LogP contribution in [0.2, 0.25) is 0 Å². The molecule has 0 saturated carbocycles. The first kappa shape index (κ1) is 17.6. The van der Waals surface area contributed by atoms with Crippen LogP contribution in [0.5, 0.6) is 11.8 Å². The largest absolute Gasteiger partial charge is 0.481 e. The maximum Gasteiger partial charge on any atom is 0.220 e. The standard InChI is InChI=1S/C14H24N4O2S/c1-7-15-16-9-10(14(2,3)4)21-13-17-11(19-5)8-12(18-13)20-6/h8-10,15H,7H2,1-6H3/b16-9+. The van der Waals surface area contributed by atoms with Crippen LogP contribution in [0.25, 0.3) is 0 Å². The van der Waals surface area contributed by atoms with Crippen LogP contribution in [0.1, 0.15) is 27.7 Å². The van der Waals surface area contributed by atoms with Crippen LogP contribution in [0.4, 0.5) is 0 Å². The lowest BCUT2D eigenvalue weighted by atomic mass is 9.92. The van der Waals surface area contributed by atoms with Crippen LogP contribution in [-0.2, 0) is 0 Å². The molecule has 0 fully saturated rings. The highest BCUT2D eigenvalue weighted by Gasteiger charge is 2.26. The molecule has 1 N–H and O–H groups in total. The molecule has 1 unspecified atom stereocenters. The summed E-state index contributed by atoms with van der Waals surface area (Å²) in [6.45, 7) is 9.26. The fraction of sp³-hybridized carbons (Fsp3) is 0.643. The van der Waals surface area contributed by atoms with Gasteiger partial charge in [0.25, 0.3) is 0 Å². The van der Waals surface area contributed by atoms with Gasteiger partial charge in [0, 0.05) is 12.8 Å².